The van der Waals surface area contributed by atoms with E-state index in [1.165, 1.54) is 6.20 Å². The molecule has 0 amide bonds. The zero-order valence-electron chi connectivity index (χ0n) is 6.06. The predicted molar refractivity (Wildman–Crippen MR) is 39.7 cm³/mol. The van der Waals surface area contributed by atoms with Crippen LogP contribution in [0.1, 0.15) is 0 Å². The number of fused-ring (bicyclic) bond motifs is 1. The van der Waals surface area contributed by atoms with Crippen LogP contribution in [0.3, 0.4) is 0 Å². The van der Waals surface area contributed by atoms with Crippen molar-refractivity contribution in [2.75, 3.05) is 0 Å². The van der Waals surface area contributed by atoms with Crippen molar-refractivity contribution in [3.8, 4) is 0 Å². The van der Waals surface area contributed by atoms with Gasteiger partial charge in [0, 0.05) is 13.1 Å². The lowest BCUT2D eigenvalue weighted by Gasteiger charge is -1.95. The van der Waals surface area contributed by atoms with Crippen molar-refractivity contribution in [3.63, 3.8) is 0 Å². The van der Waals surface area contributed by atoms with Gasteiger partial charge >= 0.3 is 0 Å². The summed E-state index contributed by atoms with van der Waals surface area (Å²) in [6, 6.07) is 3.56. The SMILES string of the molecule is Cn1ncc2c1ccc[n+]2[O-]. The number of aryl methyl sites for hydroxylation is 1. The number of hydrogen-bond donors (Lipinski definition) is 0. The van der Waals surface area contributed by atoms with Gasteiger partial charge in [0.2, 0.25) is 0 Å². The summed E-state index contributed by atoms with van der Waals surface area (Å²) in [5, 5.41) is 15.0. The average Bonchev–Trinajstić information content (AvgIpc) is 2.35. The maximum absolute atomic E-state index is 11.1. The first-order valence-electron chi connectivity index (χ1n) is 3.29. The summed E-state index contributed by atoms with van der Waals surface area (Å²) in [4.78, 5) is 0. The van der Waals surface area contributed by atoms with Crippen LogP contribution in [0.5, 0.6) is 0 Å². The van der Waals surface area contributed by atoms with Crippen LogP contribution in [0, 0.1) is 5.21 Å². The number of pyridine rings is 1. The van der Waals surface area contributed by atoms with Gasteiger partial charge in [-0.25, -0.2) is 0 Å². The Balaban J connectivity index is 2.94. The largest absolute Gasteiger partial charge is 0.618 e. The van der Waals surface area contributed by atoms with E-state index in [0.717, 1.165) is 10.2 Å². The van der Waals surface area contributed by atoms with Gasteiger partial charge < -0.3 is 5.21 Å². The molecule has 0 aromatic carbocycles. The molecule has 2 rings (SSSR count). The molecular formula is C7H7N3O. The van der Waals surface area contributed by atoms with E-state index < -0.39 is 0 Å². The summed E-state index contributed by atoms with van der Waals surface area (Å²) in [6.07, 6.45) is 3.02. The van der Waals surface area contributed by atoms with Crippen molar-refractivity contribution in [3.05, 3.63) is 29.7 Å². The van der Waals surface area contributed by atoms with Crippen LogP contribution in [0.25, 0.3) is 11.0 Å². The molecule has 0 spiro atoms. The Hall–Kier alpha value is -1.58. The Morgan fingerprint density at radius 1 is 1.64 bits per heavy atom. The second kappa shape index (κ2) is 1.95. The van der Waals surface area contributed by atoms with Gasteiger partial charge in [-0.15, -0.1) is 0 Å². The monoisotopic (exact) mass is 149 g/mol. The average molecular weight is 149 g/mol. The Labute approximate surface area is 63.3 Å². The van der Waals surface area contributed by atoms with Gasteiger partial charge in [-0.2, -0.15) is 9.83 Å². The van der Waals surface area contributed by atoms with Crippen LogP contribution in [-0.2, 0) is 7.05 Å². The van der Waals surface area contributed by atoms with Crippen molar-refractivity contribution in [2.24, 2.45) is 7.05 Å². The topological polar surface area (TPSA) is 44.8 Å². The number of aromatic nitrogens is 3. The van der Waals surface area contributed by atoms with E-state index in [4.69, 9.17) is 0 Å². The molecule has 0 fully saturated rings. The molecule has 0 atom stereocenters. The highest BCUT2D eigenvalue weighted by molar-refractivity contribution is 5.70. The van der Waals surface area contributed by atoms with E-state index in [9.17, 15) is 5.21 Å². The maximum atomic E-state index is 11.1. The molecule has 11 heavy (non-hydrogen) atoms. The Morgan fingerprint density at radius 3 is 3.18 bits per heavy atom. The minimum absolute atomic E-state index is 0.606. The van der Waals surface area contributed by atoms with Crippen molar-refractivity contribution in [2.45, 2.75) is 0 Å². The third-order valence-electron chi connectivity index (χ3n) is 1.68. The molecule has 2 aromatic rings. The van der Waals surface area contributed by atoms with Crippen molar-refractivity contribution < 1.29 is 4.73 Å². The fourth-order valence-electron chi connectivity index (χ4n) is 1.09. The van der Waals surface area contributed by atoms with Gasteiger partial charge in [-0.3, -0.25) is 4.68 Å². The molecule has 0 N–H and O–H groups in total. The zero-order valence-corrected chi connectivity index (χ0v) is 6.06. The quantitative estimate of drug-likeness (QED) is 0.397. The van der Waals surface area contributed by atoms with E-state index in [1.807, 2.05) is 13.1 Å². The first-order valence-corrected chi connectivity index (χ1v) is 3.29. The summed E-state index contributed by atoms with van der Waals surface area (Å²) in [6.45, 7) is 0. The van der Waals surface area contributed by atoms with Crippen LogP contribution in [0.4, 0.5) is 0 Å². The van der Waals surface area contributed by atoms with Crippen molar-refractivity contribution in [1.82, 2.24) is 9.78 Å². The molecule has 56 valence electrons. The normalized spacial score (nSPS) is 10.6. The molecule has 0 aliphatic heterocycles. The molecule has 0 radical (unpaired) electrons. The summed E-state index contributed by atoms with van der Waals surface area (Å²) in [5.74, 6) is 0. The van der Waals surface area contributed by atoms with E-state index in [1.54, 1.807) is 16.9 Å². The Morgan fingerprint density at radius 2 is 2.45 bits per heavy atom. The minimum atomic E-state index is 0.606. The van der Waals surface area contributed by atoms with Gasteiger partial charge in [0.25, 0.3) is 5.52 Å². The summed E-state index contributed by atoms with van der Waals surface area (Å²) < 4.78 is 2.48. The van der Waals surface area contributed by atoms with Crippen LogP contribution in [-0.4, -0.2) is 9.78 Å². The molecule has 4 nitrogen and oxygen atoms in total. The van der Waals surface area contributed by atoms with Gasteiger partial charge in [-0.05, 0) is 6.07 Å². The molecule has 0 saturated carbocycles. The predicted octanol–water partition coefficient (Wildman–Crippen LogP) is 0.207. The fraction of sp³-hybridized carbons (Fsp3) is 0.143. The molecule has 2 heterocycles. The summed E-state index contributed by atoms with van der Waals surface area (Å²) >= 11 is 0. The second-order valence-electron chi connectivity index (χ2n) is 2.37. The molecule has 0 unspecified atom stereocenters. The highest BCUT2D eigenvalue weighted by Crippen LogP contribution is 2.05. The van der Waals surface area contributed by atoms with Crippen LogP contribution in [0.2, 0.25) is 0 Å². The lowest BCUT2D eigenvalue weighted by atomic mass is 10.4. The first kappa shape index (κ1) is 6.15. The van der Waals surface area contributed by atoms with Gasteiger partial charge in [-0.1, -0.05) is 0 Å². The second-order valence-corrected chi connectivity index (χ2v) is 2.37. The molecule has 0 aliphatic rings. The minimum Gasteiger partial charge on any atom is -0.618 e. The molecule has 0 saturated heterocycles. The molecule has 0 aliphatic carbocycles. The van der Waals surface area contributed by atoms with Crippen molar-refractivity contribution in [1.29, 1.82) is 0 Å². The molecular weight excluding hydrogens is 142 g/mol. The summed E-state index contributed by atoms with van der Waals surface area (Å²) in [7, 11) is 1.81. The number of rotatable bonds is 0. The fourth-order valence-corrected chi connectivity index (χ4v) is 1.09. The van der Waals surface area contributed by atoms with E-state index in [-0.39, 0.29) is 0 Å². The highest BCUT2D eigenvalue weighted by Gasteiger charge is 2.05. The molecule has 2 aromatic heterocycles. The van der Waals surface area contributed by atoms with Gasteiger partial charge in [0.05, 0.1) is 0 Å². The van der Waals surface area contributed by atoms with E-state index >= 15 is 0 Å². The standard InChI is InChI=1S/C7H7N3O/c1-9-6-3-2-4-10(11)7(6)5-8-9/h2-5H,1H3. The van der Waals surface area contributed by atoms with Crippen LogP contribution in [0.15, 0.2) is 24.5 Å². The third-order valence-corrected chi connectivity index (χ3v) is 1.68. The van der Waals surface area contributed by atoms with Crippen LogP contribution >= 0.6 is 0 Å². The lowest BCUT2D eigenvalue weighted by molar-refractivity contribution is -0.577. The van der Waals surface area contributed by atoms with Crippen molar-refractivity contribution >= 4 is 11.0 Å². The highest BCUT2D eigenvalue weighted by atomic mass is 16.5. The molecule has 0 bridgehead atoms. The Kier molecular flexibility index (Phi) is 1.09. The number of hydrogen-bond acceptors (Lipinski definition) is 2. The zero-order chi connectivity index (χ0) is 7.84. The van der Waals surface area contributed by atoms with Crippen LogP contribution < -0.4 is 4.73 Å². The van der Waals surface area contributed by atoms with Gasteiger partial charge in [0.1, 0.15) is 11.7 Å². The first-order chi connectivity index (χ1) is 5.29. The Bertz CT molecular complexity index is 393. The third kappa shape index (κ3) is 0.756. The number of nitrogens with zero attached hydrogens (tertiary/aromatic N) is 3. The summed E-state index contributed by atoms with van der Waals surface area (Å²) in [5.41, 5.74) is 1.46. The van der Waals surface area contributed by atoms with E-state index in [2.05, 4.69) is 5.10 Å². The molecule has 4 heteroatoms. The lowest BCUT2D eigenvalue weighted by Crippen LogP contribution is -2.25. The maximum Gasteiger partial charge on any atom is 0.262 e. The van der Waals surface area contributed by atoms with Gasteiger partial charge in [0.15, 0.2) is 6.20 Å². The smallest absolute Gasteiger partial charge is 0.262 e. The van der Waals surface area contributed by atoms with E-state index in [0.29, 0.717) is 5.52 Å².